The molecule has 2 amide bonds. The van der Waals surface area contributed by atoms with Crippen LogP contribution in [0.1, 0.15) is 32.8 Å². The number of hydrogen-bond acceptors (Lipinski definition) is 3. The lowest BCUT2D eigenvalue weighted by molar-refractivity contribution is -0.132. The van der Waals surface area contributed by atoms with E-state index >= 15 is 0 Å². The first kappa shape index (κ1) is 16.9. The molecule has 1 heterocycles. The van der Waals surface area contributed by atoms with E-state index in [2.05, 4.69) is 5.32 Å². The van der Waals surface area contributed by atoms with Crippen LogP contribution in [-0.2, 0) is 16.1 Å². The van der Waals surface area contributed by atoms with Gasteiger partial charge < -0.3 is 10.2 Å². The van der Waals surface area contributed by atoms with Crippen LogP contribution in [0.3, 0.4) is 0 Å². The minimum atomic E-state index is -0.239. The second-order valence-corrected chi connectivity index (χ2v) is 7.52. The van der Waals surface area contributed by atoms with Gasteiger partial charge in [0.25, 0.3) is 0 Å². The van der Waals surface area contributed by atoms with Crippen LogP contribution in [0.2, 0.25) is 0 Å². The lowest BCUT2D eigenvalue weighted by Crippen LogP contribution is -2.43. The fourth-order valence-electron chi connectivity index (χ4n) is 2.61. The standard InChI is InChI=1S/C17H24N2O2S/c1-17(2,3)19-11-13(9-15(19)20)16(21)18-10-12-5-7-14(22-4)8-6-12/h5-8,13H,9-11H2,1-4H3,(H,18,21)/t13-/m1/s1. The van der Waals surface area contributed by atoms with Gasteiger partial charge in [-0.1, -0.05) is 12.1 Å². The molecule has 1 aliphatic heterocycles. The number of thioether (sulfide) groups is 1. The predicted molar refractivity (Wildman–Crippen MR) is 89.6 cm³/mol. The Hall–Kier alpha value is -1.49. The third kappa shape index (κ3) is 4.03. The van der Waals surface area contributed by atoms with Gasteiger partial charge in [0, 0.05) is 29.9 Å². The molecular formula is C17H24N2O2S. The Morgan fingerprint density at radius 1 is 1.32 bits per heavy atom. The molecule has 0 unspecified atom stereocenters. The number of nitrogens with one attached hydrogen (secondary N) is 1. The summed E-state index contributed by atoms with van der Waals surface area (Å²) >= 11 is 1.69. The van der Waals surface area contributed by atoms with Gasteiger partial charge in [0.15, 0.2) is 0 Å². The highest BCUT2D eigenvalue weighted by atomic mass is 32.2. The average molecular weight is 320 g/mol. The summed E-state index contributed by atoms with van der Waals surface area (Å²) in [5.41, 5.74) is 0.850. The Labute approximate surface area is 136 Å². The zero-order chi connectivity index (χ0) is 16.3. The molecule has 0 spiro atoms. The normalized spacial score (nSPS) is 18.6. The highest BCUT2D eigenvalue weighted by Crippen LogP contribution is 2.25. The molecule has 0 aliphatic carbocycles. The van der Waals surface area contributed by atoms with Crippen LogP contribution in [-0.4, -0.2) is 35.1 Å². The molecule has 120 valence electrons. The maximum absolute atomic E-state index is 12.3. The van der Waals surface area contributed by atoms with Crippen molar-refractivity contribution in [2.45, 2.75) is 44.2 Å². The Kier molecular flexibility index (Phi) is 5.16. The maximum Gasteiger partial charge on any atom is 0.225 e. The second kappa shape index (κ2) is 6.73. The molecule has 0 bridgehead atoms. The van der Waals surface area contributed by atoms with Crippen LogP contribution in [0.25, 0.3) is 0 Å². The van der Waals surface area contributed by atoms with Crippen molar-refractivity contribution in [3.63, 3.8) is 0 Å². The summed E-state index contributed by atoms with van der Waals surface area (Å²) in [4.78, 5) is 27.3. The van der Waals surface area contributed by atoms with E-state index in [1.165, 1.54) is 4.90 Å². The van der Waals surface area contributed by atoms with Crippen LogP contribution in [0.5, 0.6) is 0 Å². The van der Waals surface area contributed by atoms with Crippen molar-refractivity contribution in [1.29, 1.82) is 0 Å². The molecular weight excluding hydrogens is 296 g/mol. The summed E-state index contributed by atoms with van der Waals surface area (Å²) in [5.74, 6) is -0.205. The first-order valence-electron chi connectivity index (χ1n) is 7.52. The van der Waals surface area contributed by atoms with Crippen LogP contribution in [0, 0.1) is 5.92 Å². The zero-order valence-electron chi connectivity index (χ0n) is 13.7. The number of nitrogens with zero attached hydrogens (tertiary/aromatic N) is 1. The van der Waals surface area contributed by atoms with E-state index in [4.69, 9.17) is 0 Å². The molecule has 1 saturated heterocycles. The van der Waals surface area contributed by atoms with E-state index in [1.807, 2.05) is 51.3 Å². The van der Waals surface area contributed by atoms with E-state index in [0.717, 1.165) is 5.56 Å². The number of carbonyl (C=O) groups is 2. The molecule has 0 saturated carbocycles. The van der Waals surface area contributed by atoms with Gasteiger partial charge in [0.2, 0.25) is 11.8 Å². The molecule has 1 aromatic rings. The highest BCUT2D eigenvalue weighted by Gasteiger charge is 2.39. The molecule has 1 fully saturated rings. The van der Waals surface area contributed by atoms with Gasteiger partial charge in [-0.25, -0.2) is 0 Å². The smallest absolute Gasteiger partial charge is 0.225 e. The largest absolute Gasteiger partial charge is 0.352 e. The zero-order valence-corrected chi connectivity index (χ0v) is 14.5. The lowest BCUT2D eigenvalue weighted by Gasteiger charge is -2.31. The summed E-state index contributed by atoms with van der Waals surface area (Å²) in [6.07, 6.45) is 2.35. The van der Waals surface area contributed by atoms with Gasteiger partial charge in [-0.3, -0.25) is 9.59 Å². The summed E-state index contributed by atoms with van der Waals surface area (Å²) in [6.45, 7) is 7.02. The molecule has 22 heavy (non-hydrogen) atoms. The molecule has 4 nitrogen and oxygen atoms in total. The van der Waals surface area contributed by atoms with Crippen LogP contribution >= 0.6 is 11.8 Å². The van der Waals surface area contributed by atoms with E-state index in [9.17, 15) is 9.59 Å². The van der Waals surface area contributed by atoms with Gasteiger partial charge in [-0.2, -0.15) is 0 Å². The SMILES string of the molecule is CSc1ccc(CNC(=O)[C@@H]2CC(=O)N(C(C)(C)C)C2)cc1. The summed E-state index contributed by atoms with van der Waals surface area (Å²) in [6, 6.07) is 8.14. The van der Waals surface area contributed by atoms with E-state index < -0.39 is 0 Å². The fraction of sp³-hybridized carbons (Fsp3) is 0.529. The number of benzene rings is 1. The third-order valence-corrected chi connectivity index (χ3v) is 4.67. The Morgan fingerprint density at radius 3 is 2.45 bits per heavy atom. The van der Waals surface area contributed by atoms with Crippen molar-refractivity contribution in [2.75, 3.05) is 12.8 Å². The predicted octanol–water partition coefficient (Wildman–Crippen LogP) is 2.67. The fourth-order valence-corrected chi connectivity index (χ4v) is 3.02. The quantitative estimate of drug-likeness (QED) is 0.868. The van der Waals surface area contributed by atoms with Gasteiger partial charge in [0.1, 0.15) is 0 Å². The van der Waals surface area contributed by atoms with Gasteiger partial charge in [0.05, 0.1) is 5.92 Å². The number of amides is 2. The third-order valence-electron chi connectivity index (χ3n) is 3.93. The Balaban J connectivity index is 1.89. The van der Waals surface area contributed by atoms with Crippen LogP contribution in [0.4, 0.5) is 0 Å². The van der Waals surface area contributed by atoms with E-state index in [1.54, 1.807) is 16.7 Å². The Morgan fingerprint density at radius 2 is 1.95 bits per heavy atom. The van der Waals surface area contributed by atoms with Crippen molar-refractivity contribution in [1.82, 2.24) is 10.2 Å². The van der Waals surface area contributed by atoms with Crippen LogP contribution < -0.4 is 5.32 Å². The summed E-state index contributed by atoms with van der Waals surface area (Å²) in [7, 11) is 0. The van der Waals surface area contributed by atoms with Crippen molar-refractivity contribution < 1.29 is 9.59 Å². The van der Waals surface area contributed by atoms with Crippen LogP contribution in [0.15, 0.2) is 29.2 Å². The molecule has 1 aliphatic rings. The number of hydrogen-bond donors (Lipinski definition) is 1. The number of carbonyl (C=O) groups excluding carboxylic acids is 2. The van der Waals surface area contributed by atoms with Crippen molar-refractivity contribution in [2.24, 2.45) is 5.92 Å². The van der Waals surface area contributed by atoms with Crippen molar-refractivity contribution in [3.8, 4) is 0 Å². The molecule has 0 radical (unpaired) electrons. The first-order chi connectivity index (χ1) is 10.3. The molecule has 2 rings (SSSR count). The number of rotatable bonds is 4. The molecule has 1 N–H and O–H groups in total. The molecule has 5 heteroatoms. The molecule has 1 aromatic carbocycles. The minimum Gasteiger partial charge on any atom is -0.352 e. The highest BCUT2D eigenvalue weighted by molar-refractivity contribution is 7.98. The minimum absolute atomic E-state index is 0.0333. The average Bonchev–Trinajstić information content (AvgIpc) is 2.87. The van der Waals surface area contributed by atoms with Gasteiger partial charge in [-0.05, 0) is 44.7 Å². The van der Waals surface area contributed by atoms with Gasteiger partial charge >= 0.3 is 0 Å². The van der Waals surface area contributed by atoms with Crippen molar-refractivity contribution >= 4 is 23.6 Å². The maximum atomic E-state index is 12.3. The second-order valence-electron chi connectivity index (χ2n) is 6.64. The molecule has 1 atom stereocenters. The van der Waals surface area contributed by atoms with E-state index in [0.29, 0.717) is 19.5 Å². The topological polar surface area (TPSA) is 49.4 Å². The first-order valence-corrected chi connectivity index (χ1v) is 8.75. The summed E-state index contributed by atoms with van der Waals surface area (Å²) in [5, 5.41) is 2.95. The number of likely N-dealkylation sites (tertiary alicyclic amines) is 1. The van der Waals surface area contributed by atoms with Gasteiger partial charge in [-0.15, -0.1) is 11.8 Å². The molecule has 0 aromatic heterocycles. The Bertz CT molecular complexity index is 549. The van der Waals surface area contributed by atoms with E-state index in [-0.39, 0.29) is 23.3 Å². The van der Waals surface area contributed by atoms with Crippen molar-refractivity contribution in [3.05, 3.63) is 29.8 Å². The summed E-state index contributed by atoms with van der Waals surface area (Å²) < 4.78 is 0. The lowest BCUT2D eigenvalue weighted by atomic mass is 10.1. The monoisotopic (exact) mass is 320 g/mol.